The Morgan fingerprint density at radius 1 is 1.09 bits per heavy atom. The van der Waals surface area contributed by atoms with Gasteiger partial charge in [-0.1, -0.05) is 48.9 Å². The van der Waals surface area contributed by atoms with Crippen molar-refractivity contribution < 1.29 is 14.3 Å². The van der Waals surface area contributed by atoms with Crippen LogP contribution in [0.15, 0.2) is 48.5 Å². The molecular weight excluding hydrogens is 314 g/mol. The van der Waals surface area contributed by atoms with Gasteiger partial charge in [-0.25, -0.2) is 4.79 Å². The number of rotatable bonds is 6. The number of hydrogen-bond donors (Lipinski definition) is 1. The molecule has 5 heteroatoms. The fraction of sp³-hybridized carbons (Fsp3) is 0.222. The fourth-order valence-corrected chi connectivity index (χ4v) is 2.25. The molecule has 0 atom stereocenters. The average Bonchev–Trinajstić information content (AvgIpc) is 2.55. The van der Waals surface area contributed by atoms with Crippen LogP contribution in [-0.2, 0) is 16.0 Å². The lowest BCUT2D eigenvalue weighted by Gasteiger charge is -2.11. The van der Waals surface area contributed by atoms with Crippen LogP contribution in [0.4, 0.5) is 5.69 Å². The molecule has 120 valence electrons. The Kier molecular flexibility index (Phi) is 6.18. The summed E-state index contributed by atoms with van der Waals surface area (Å²) in [6, 6.07) is 13.9. The van der Waals surface area contributed by atoms with Gasteiger partial charge in [0.15, 0.2) is 0 Å². The molecule has 0 aliphatic carbocycles. The van der Waals surface area contributed by atoms with Crippen LogP contribution in [0.3, 0.4) is 0 Å². The van der Waals surface area contributed by atoms with Crippen LogP contribution in [0.1, 0.15) is 29.3 Å². The van der Waals surface area contributed by atoms with Crippen molar-refractivity contribution in [1.82, 2.24) is 0 Å². The molecule has 0 radical (unpaired) electrons. The van der Waals surface area contributed by atoms with Crippen molar-refractivity contribution in [2.75, 3.05) is 11.9 Å². The molecule has 0 saturated heterocycles. The highest BCUT2D eigenvalue weighted by Gasteiger charge is 2.14. The highest BCUT2D eigenvalue weighted by atomic mass is 35.5. The van der Waals surface area contributed by atoms with Gasteiger partial charge in [0.25, 0.3) is 0 Å². The zero-order valence-corrected chi connectivity index (χ0v) is 13.6. The molecule has 1 amide bonds. The van der Waals surface area contributed by atoms with E-state index in [0.29, 0.717) is 22.9 Å². The normalized spacial score (nSPS) is 10.2. The first kappa shape index (κ1) is 17.0. The third-order valence-corrected chi connectivity index (χ3v) is 3.54. The maximum absolute atomic E-state index is 12.2. The summed E-state index contributed by atoms with van der Waals surface area (Å²) in [7, 11) is 0. The summed E-state index contributed by atoms with van der Waals surface area (Å²) in [6.45, 7) is 2.27. The minimum atomic E-state index is -0.444. The van der Waals surface area contributed by atoms with E-state index in [1.807, 2.05) is 19.1 Å². The monoisotopic (exact) mass is 331 g/mol. The summed E-state index contributed by atoms with van der Waals surface area (Å²) in [4.78, 5) is 24.2. The summed E-state index contributed by atoms with van der Waals surface area (Å²) in [5, 5.41) is 3.29. The predicted octanol–water partition coefficient (Wildman–Crippen LogP) is 4.09. The second-order valence-corrected chi connectivity index (χ2v) is 5.41. The first-order chi connectivity index (χ1) is 11.1. The highest BCUT2D eigenvalue weighted by Crippen LogP contribution is 2.19. The molecule has 4 nitrogen and oxygen atoms in total. The molecule has 0 saturated carbocycles. The fourth-order valence-electron chi connectivity index (χ4n) is 2.05. The van der Waals surface area contributed by atoms with Crippen LogP contribution in [0, 0.1) is 0 Å². The van der Waals surface area contributed by atoms with Gasteiger partial charge >= 0.3 is 5.97 Å². The van der Waals surface area contributed by atoms with Gasteiger partial charge in [-0.05, 0) is 30.2 Å². The summed E-state index contributed by atoms with van der Waals surface area (Å²) >= 11 is 6.06. The Balaban J connectivity index is 2.09. The number of benzene rings is 2. The number of nitrogens with one attached hydrogen (secondary N) is 1. The molecule has 0 aromatic heterocycles. The SMILES string of the molecule is CCCOC(=O)c1ccccc1NC(=O)Cc1ccccc1Cl. The van der Waals surface area contributed by atoms with Crippen molar-refractivity contribution in [3.05, 3.63) is 64.7 Å². The molecule has 0 unspecified atom stereocenters. The van der Waals surface area contributed by atoms with Crippen LogP contribution >= 0.6 is 11.6 Å². The van der Waals surface area contributed by atoms with Gasteiger partial charge in [0.1, 0.15) is 0 Å². The van der Waals surface area contributed by atoms with E-state index >= 15 is 0 Å². The number of esters is 1. The van der Waals surface area contributed by atoms with Gasteiger partial charge in [0.05, 0.1) is 24.3 Å². The molecule has 0 aliphatic rings. The third kappa shape index (κ3) is 4.83. The lowest BCUT2D eigenvalue weighted by molar-refractivity contribution is -0.115. The van der Waals surface area contributed by atoms with Gasteiger partial charge < -0.3 is 10.1 Å². The summed E-state index contributed by atoms with van der Waals surface area (Å²) < 4.78 is 5.13. The van der Waals surface area contributed by atoms with Gasteiger partial charge in [0.2, 0.25) is 5.91 Å². The molecule has 2 aromatic carbocycles. The van der Waals surface area contributed by atoms with Gasteiger partial charge in [-0.15, -0.1) is 0 Å². The Labute approximate surface area is 140 Å². The van der Waals surface area contributed by atoms with Crippen LogP contribution in [-0.4, -0.2) is 18.5 Å². The number of amides is 1. The number of carbonyl (C=O) groups excluding carboxylic acids is 2. The molecule has 2 rings (SSSR count). The minimum absolute atomic E-state index is 0.137. The average molecular weight is 332 g/mol. The highest BCUT2D eigenvalue weighted by molar-refractivity contribution is 6.31. The van der Waals surface area contributed by atoms with Crippen LogP contribution in [0.2, 0.25) is 5.02 Å². The van der Waals surface area contributed by atoms with Gasteiger partial charge in [0, 0.05) is 5.02 Å². The summed E-state index contributed by atoms with van der Waals surface area (Å²) in [6.07, 6.45) is 0.880. The quantitative estimate of drug-likeness (QED) is 0.811. The van der Waals surface area contributed by atoms with E-state index in [4.69, 9.17) is 16.3 Å². The first-order valence-corrected chi connectivity index (χ1v) is 7.79. The number of carbonyl (C=O) groups is 2. The maximum atomic E-state index is 12.2. The number of hydrogen-bond acceptors (Lipinski definition) is 3. The number of halogens is 1. The van der Waals surface area contributed by atoms with Gasteiger partial charge in [-0.2, -0.15) is 0 Å². The van der Waals surface area contributed by atoms with E-state index < -0.39 is 5.97 Å². The van der Waals surface area contributed by atoms with E-state index in [1.165, 1.54) is 0 Å². The van der Waals surface area contributed by atoms with Crippen LogP contribution in [0.5, 0.6) is 0 Å². The minimum Gasteiger partial charge on any atom is -0.462 e. The zero-order valence-electron chi connectivity index (χ0n) is 12.8. The smallest absolute Gasteiger partial charge is 0.340 e. The topological polar surface area (TPSA) is 55.4 Å². The summed E-state index contributed by atoms with van der Waals surface area (Å²) in [5.74, 6) is -0.686. The van der Waals surface area contributed by atoms with Crippen molar-refractivity contribution in [2.24, 2.45) is 0 Å². The lowest BCUT2D eigenvalue weighted by atomic mass is 10.1. The van der Waals surface area contributed by atoms with E-state index in [-0.39, 0.29) is 12.3 Å². The second-order valence-electron chi connectivity index (χ2n) is 5.00. The number of anilines is 1. The molecule has 0 heterocycles. The van der Waals surface area contributed by atoms with Crippen molar-refractivity contribution >= 4 is 29.2 Å². The van der Waals surface area contributed by atoms with Crippen molar-refractivity contribution in [2.45, 2.75) is 19.8 Å². The molecule has 23 heavy (non-hydrogen) atoms. The molecular formula is C18H18ClNO3. The van der Waals surface area contributed by atoms with Crippen LogP contribution < -0.4 is 5.32 Å². The van der Waals surface area contributed by atoms with E-state index in [1.54, 1.807) is 36.4 Å². The molecule has 0 spiro atoms. The number of ether oxygens (including phenoxy) is 1. The Hall–Kier alpha value is -2.33. The standard InChI is InChI=1S/C18H18ClNO3/c1-2-11-23-18(22)14-8-4-6-10-16(14)20-17(21)12-13-7-3-5-9-15(13)19/h3-10H,2,11-12H2,1H3,(H,20,21). The molecule has 0 fully saturated rings. The van der Waals surface area contributed by atoms with Crippen molar-refractivity contribution in [3.63, 3.8) is 0 Å². The van der Waals surface area contributed by atoms with E-state index in [9.17, 15) is 9.59 Å². The van der Waals surface area contributed by atoms with Crippen molar-refractivity contribution in [3.8, 4) is 0 Å². The lowest BCUT2D eigenvalue weighted by Crippen LogP contribution is -2.17. The molecule has 0 bridgehead atoms. The Morgan fingerprint density at radius 3 is 2.52 bits per heavy atom. The molecule has 2 aromatic rings. The molecule has 1 N–H and O–H groups in total. The van der Waals surface area contributed by atoms with Crippen molar-refractivity contribution in [1.29, 1.82) is 0 Å². The third-order valence-electron chi connectivity index (χ3n) is 3.17. The van der Waals surface area contributed by atoms with E-state index in [0.717, 1.165) is 12.0 Å². The van der Waals surface area contributed by atoms with Gasteiger partial charge in [-0.3, -0.25) is 4.79 Å². The number of para-hydroxylation sites is 1. The maximum Gasteiger partial charge on any atom is 0.340 e. The van der Waals surface area contributed by atoms with E-state index in [2.05, 4.69) is 5.32 Å². The largest absolute Gasteiger partial charge is 0.462 e. The Bertz CT molecular complexity index is 700. The predicted molar refractivity (Wildman–Crippen MR) is 90.8 cm³/mol. The molecule has 0 aliphatic heterocycles. The summed E-state index contributed by atoms with van der Waals surface area (Å²) in [5.41, 5.74) is 1.51. The Morgan fingerprint density at radius 2 is 1.78 bits per heavy atom. The first-order valence-electron chi connectivity index (χ1n) is 7.41. The van der Waals surface area contributed by atoms with Crippen LogP contribution in [0.25, 0.3) is 0 Å². The zero-order chi connectivity index (χ0) is 16.7. The second kappa shape index (κ2) is 8.34.